The molecule has 1 atom stereocenters. The molecule has 1 aliphatic rings. The van der Waals surface area contributed by atoms with Gasteiger partial charge in [-0.3, -0.25) is 0 Å². The molecule has 2 heterocycles. The van der Waals surface area contributed by atoms with Gasteiger partial charge in [-0.1, -0.05) is 0 Å². The van der Waals surface area contributed by atoms with Crippen molar-refractivity contribution >= 4 is 27.0 Å². The number of hydrogen-bond donors (Lipinski definition) is 1. The van der Waals surface area contributed by atoms with Crippen molar-refractivity contribution in [2.75, 3.05) is 25.4 Å². The first-order chi connectivity index (χ1) is 7.50. The Kier molecular flexibility index (Phi) is 3.20. The van der Waals surface area contributed by atoms with Crippen molar-refractivity contribution in [3.63, 3.8) is 0 Å². The first-order valence-electron chi connectivity index (χ1n) is 4.96. The Labute approximate surface area is 98.9 Å². The molecule has 0 aromatic carbocycles. The fraction of sp³-hybridized carbons (Fsp3) is 0.556. The molecule has 0 spiro atoms. The van der Waals surface area contributed by atoms with Gasteiger partial charge in [-0.15, -0.1) is 11.3 Å². The molecular formula is C9H14N2O3S2. The Bertz CT molecular complexity index is 469. The number of nitrogens with two attached hydrogens (primary N) is 1. The van der Waals surface area contributed by atoms with Crippen LogP contribution in [0.5, 0.6) is 0 Å². The van der Waals surface area contributed by atoms with Crippen molar-refractivity contribution in [3.8, 4) is 0 Å². The van der Waals surface area contributed by atoms with Crippen LogP contribution in [-0.2, 0) is 14.8 Å². The van der Waals surface area contributed by atoms with Gasteiger partial charge in [0.05, 0.1) is 12.7 Å². The lowest BCUT2D eigenvalue weighted by Gasteiger charge is -2.29. The molecule has 0 radical (unpaired) electrons. The minimum absolute atomic E-state index is 0.0548. The van der Waals surface area contributed by atoms with Crippen LogP contribution in [-0.4, -0.2) is 38.5 Å². The van der Waals surface area contributed by atoms with E-state index >= 15 is 0 Å². The Morgan fingerprint density at radius 2 is 2.38 bits per heavy atom. The molecule has 0 amide bonds. The van der Waals surface area contributed by atoms with E-state index in [4.69, 9.17) is 10.5 Å². The summed E-state index contributed by atoms with van der Waals surface area (Å²) < 4.78 is 31.4. The van der Waals surface area contributed by atoms with Crippen LogP contribution in [0.4, 0.5) is 5.69 Å². The van der Waals surface area contributed by atoms with Gasteiger partial charge in [-0.25, -0.2) is 8.42 Å². The topological polar surface area (TPSA) is 72.6 Å². The van der Waals surface area contributed by atoms with Gasteiger partial charge < -0.3 is 10.5 Å². The molecule has 0 bridgehead atoms. The molecule has 5 nitrogen and oxygen atoms in total. The zero-order chi connectivity index (χ0) is 11.8. The summed E-state index contributed by atoms with van der Waals surface area (Å²) in [6.07, 6.45) is -0.0548. The molecule has 7 heteroatoms. The van der Waals surface area contributed by atoms with Crippen LogP contribution in [0.1, 0.15) is 6.92 Å². The lowest BCUT2D eigenvalue weighted by Crippen LogP contribution is -2.44. The highest BCUT2D eigenvalue weighted by Crippen LogP contribution is 2.26. The zero-order valence-electron chi connectivity index (χ0n) is 8.92. The van der Waals surface area contributed by atoms with E-state index in [1.54, 1.807) is 5.38 Å². The van der Waals surface area contributed by atoms with Crippen molar-refractivity contribution in [2.45, 2.75) is 17.2 Å². The second kappa shape index (κ2) is 4.33. The van der Waals surface area contributed by atoms with Gasteiger partial charge in [0.25, 0.3) is 10.0 Å². The van der Waals surface area contributed by atoms with Crippen molar-refractivity contribution in [1.82, 2.24) is 4.31 Å². The Morgan fingerprint density at radius 1 is 1.62 bits per heavy atom. The van der Waals surface area contributed by atoms with Crippen LogP contribution in [0.15, 0.2) is 15.7 Å². The molecular weight excluding hydrogens is 248 g/mol. The molecule has 2 N–H and O–H groups in total. The summed E-state index contributed by atoms with van der Waals surface area (Å²) in [5.41, 5.74) is 6.03. The van der Waals surface area contributed by atoms with E-state index in [0.29, 0.717) is 29.6 Å². The number of anilines is 1. The summed E-state index contributed by atoms with van der Waals surface area (Å²) in [5, 5.41) is 1.64. The van der Waals surface area contributed by atoms with Crippen LogP contribution in [0, 0.1) is 0 Å². The first kappa shape index (κ1) is 11.8. The number of ether oxygens (including phenoxy) is 1. The highest BCUT2D eigenvalue weighted by molar-refractivity contribution is 7.91. The lowest BCUT2D eigenvalue weighted by molar-refractivity contribution is 0.0102. The number of hydrogen-bond acceptors (Lipinski definition) is 5. The zero-order valence-corrected chi connectivity index (χ0v) is 10.6. The molecule has 0 saturated carbocycles. The lowest BCUT2D eigenvalue weighted by atomic mass is 10.3. The van der Waals surface area contributed by atoms with E-state index in [2.05, 4.69) is 0 Å². The monoisotopic (exact) mass is 262 g/mol. The van der Waals surface area contributed by atoms with Crippen LogP contribution >= 0.6 is 11.3 Å². The molecule has 2 rings (SSSR count). The Balaban J connectivity index is 2.25. The van der Waals surface area contributed by atoms with Crippen molar-refractivity contribution in [1.29, 1.82) is 0 Å². The minimum atomic E-state index is -3.38. The smallest absolute Gasteiger partial charge is 0.252 e. The molecule has 1 unspecified atom stereocenters. The number of nitrogen functional groups attached to an aromatic ring is 1. The van der Waals surface area contributed by atoms with Gasteiger partial charge >= 0.3 is 0 Å². The summed E-state index contributed by atoms with van der Waals surface area (Å²) in [6, 6.07) is 1.50. The van der Waals surface area contributed by atoms with Crippen LogP contribution in [0.3, 0.4) is 0 Å². The maximum atomic E-state index is 12.2. The molecule has 1 saturated heterocycles. The van der Waals surface area contributed by atoms with E-state index in [9.17, 15) is 8.42 Å². The Hall–Kier alpha value is -0.630. The first-order valence-corrected chi connectivity index (χ1v) is 7.28. The van der Waals surface area contributed by atoms with E-state index in [1.807, 2.05) is 6.92 Å². The number of nitrogens with zero attached hydrogens (tertiary/aromatic N) is 1. The fourth-order valence-corrected chi connectivity index (χ4v) is 4.33. The molecule has 16 heavy (non-hydrogen) atoms. The summed E-state index contributed by atoms with van der Waals surface area (Å²) in [6.45, 7) is 3.12. The second-order valence-corrected chi connectivity index (χ2v) is 6.82. The third-order valence-corrected chi connectivity index (χ3v) is 5.69. The van der Waals surface area contributed by atoms with E-state index in [0.717, 1.165) is 11.3 Å². The average molecular weight is 262 g/mol. The molecule has 1 aromatic rings. The van der Waals surface area contributed by atoms with Crippen LogP contribution in [0.25, 0.3) is 0 Å². The number of morpholine rings is 1. The third-order valence-electron chi connectivity index (χ3n) is 2.39. The quantitative estimate of drug-likeness (QED) is 0.853. The van der Waals surface area contributed by atoms with Gasteiger partial charge in [0.15, 0.2) is 0 Å². The summed E-state index contributed by atoms with van der Waals surface area (Å²) >= 11 is 1.16. The van der Waals surface area contributed by atoms with Gasteiger partial charge in [0.1, 0.15) is 4.21 Å². The highest BCUT2D eigenvalue weighted by atomic mass is 32.2. The van der Waals surface area contributed by atoms with Gasteiger partial charge in [-0.2, -0.15) is 4.31 Å². The average Bonchev–Trinajstić information content (AvgIpc) is 2.65. The normalized spacial score (nSPS) is 23.4. The highest BCUT2D eigenvalue weighted by Gasteiger charge is 2.30. The number of sulfonamides is 1. The van der Waals surface area contributed by atoms with E-state index < -0.39 is 10.0 Å². The van der Waals surface area contributed by atoms with Crippen molar-refractivity contribution in [2.24, 2.45) is 0 Å². The van der Waals surface area contributed by atoms with Gasteiger partial charge in [0, 0.05) is 24.2 Å². The Morgan fingerprint density at radius 3 is 2.94 bits per heavy atom. The van der Waals surface area contributed by atoms with Gasteiger partial charge in [-0.05, 0) is 13.0 Å². The summed E-state index contributed by atoms with van der Waals surface area (Å²) in [5.74, 6) is 0. The summed E-state index contributed by atoms with van der Waals surface area (Å²) in [4.78, 5) is 0. The maximum Gasteiger partial charge on any atom is 0.252 e. The van der Waals surface area contributed by atoms with Gasteiger partial charge in [0.2, 0.25) is 0 Å². The molecule has 90 valence electrons. The van der Waals surface area contributed by atoms with Crippen molar-refractivity contribution < 1.29 is 13.2 Å². The predicted octanol–water partition coefficient (Wildman–Crippen LogP) is 0.740. The molecule has 1 fully saturated rings. The minimum Gasteiger partial charge on any atom is -0.398 e. The molecule has 1 aromatic heterocycles. The molecule has 0 aliphatic carbocycles. The SMILES string of the molecule is CC1CN(S(=O)(=O)c2cc(N)cs2)CCO1. The second-order valence-electron chi connectivity index (χ2n) is 3.74. The largest absolute Gasteiger partial charge is 0.398 e. The maximum absolute atomic E-state index is 12.2. The standard InChI is InChI=1S/C9H14N2O3S2/c1-7-5-11(2-3-14-7)16(12,13)9-4-8(10)6-15-9/h4,6-7H,2-3,5,10H2,1H3. The van der Waals surface area contributed by atoms with E-state index in [-0.39, 0.29) is 6.10 Å². The van der Waals surface area contributed by atoms with E-state index in [1.165, 1.54) is 10.4 Å². The van der Waals surface area contributed by atoms with Crippen molar-refractivity contribution in [3.05, 3.63) is 11.4 Å². The summed E-state index contributed by atoms with van der Waals surface area (Å²) in [7, 11) is -3.38. The predicted molar refractivity (Wildman–Crippen MR) is 62.9 cm³/mol. The molecule has 1 aliphatic heterocycles. The van der Waals surface area contributed by atoms with Crippen LogP contribution in [0.2, 0.25) is 0 Å². The fourth-order valence-electron chi connectivity index (χ4n) is 1.60. The number of thiophene rings is 1. The third kappa shape index (κ3) is 2.22. The number of rotatable bonds is 2. The van der Waals surface area contributed by atoms with Crippen LogP contribution < -0.4 is 5.73 Å².